The number of carbonyl (C=O) groups excluding carboxylic acids is 1. The van der Waals surface area contributed by atoms with E-state index in [9.17, 15) is 4.79 Å². The molecule has 0 aliphatic carbocycles. The summed E-state index contributed by atoms with van der Waals surface area (Å²) in [4.78, 5) is 16.7. The monoisotopic (exact) mass is 469 g/mol. The van der Waals surface area contributed by atoms with Crippen molar-refractivity contribution in [2.24, 2.45) is 0 Å². The van der Waals surface area contributed by atoms with E-state index < -0.39 is 0 Å². The smallest absolute Gasteiger partial charge is 0.273 e. The van der Waals surface area contributed by atoms with E-state index in [1.54, 1.807) is 11.8 Å². The zero-order valence-corrected chi connectivity index (χ0v) is 19.7. The van der Waals surface area contributed by atoms with Gasteiger partial charge in [-0.2, -0.15) is 5.10 Å². The number of thioether (sulfide) groups is 1. The highest BCUT2D eigenvalue weighted by Crippen LogP contribution is 2.44. The van der Waals surface area contributed by atoms with Crippen LogP contribution in [0.1, 0.15) is 38.8 Å². The molecule has 3 aromatic carbocycles. The Hall–Kier alpha value is -3.71. The minimum atomic E-state index is -0.251. The Morgan fingerprint density at radius 3 is 2.56 bits per heavy atom. The Bertz CT molecular complexity index is 1380. The standard InChI is InChI=1S/C27H23N3O3S/c1-16-3-6-18(7-4-16)24-23-25(29-28-24)27(31)30(26(23)19-8-10-20(34-2)11-9-19)14-17-5-12-21-22(13-17)33-15-32-21/h3-13,26H,14-15H2,1-2H3,(H,28,29). The lowest BCUT2D eigenvalue weighted by Crippen LogP contribution is -2.29. The average molecular weight is 470 g/mol. The van der Waals surface area contributed by atoms with E-state index in [-0.39, 0.29) is 18.7 Å². The number of hydrogen-bond donors (Lipinski definition) is 1. The molecule has 0 bridgehead atoms. The van der Waals surface area contributed by atoms with Crippen molar-refractivity contribution in [1.82, 2.24) is 15.1 Å². The van der Waals surface area contributed by atoms with Gasteiger partial charge in [-0.15, -0.1) is 11.8 Å². The third kappa shape index (κ3) is 3.44. The lowest BCUT2D eigenvalue weighted by molar-refractivity contribution is 0.0730. The van der Waals surface area contributed by atoms with E-state index in [4.69, 9.17) is 9.47 Å². The summed E-state index contributed by atoms with van der Waals surface area (Å²) in [5.74, 6) is 1.39. The van der Waals surface area contributed by atoms with Crippen molar-refractivity contribution in [3.8, 4) is 22.8 Å². The van der Waals surface area contributed by atoms with E-state index in [1.165, 1.54) is 10.5 Å². The zero-order valence-electron chi connectivity index (χ0n) is 18.9. The number of nitrogens with zero attached hydrogens (tertiary/aromatic N) is 2. The predicted molar refractivity (Wildman–Crippen MR) is 131 cm³/mol. The number of carbonyl (C=O) groups is 1. The van der Waals surface area contributed by atoms with Gasteiger partial charge in [-0.3, -0.25) is 9.89 Å². The highest BCUT2D eigenvalue weighted by molar-refractivity contribution is 7.98. The van der Waals surface area contributed by atoms with Gasteiger partial charge >= 0.3 is 0 Å². The van der Waals surface area contributed by atoms with E-state index in [0.29, 0.717) is 18.0 Å². The molecule has 170 valence electrons. The van der Waals surface area contributed by atoms with Crippen LogP contribution < -0.4 is 9.47 Å². The maximum atomic E-state index is 13.6. The summed E-state index contributed by atoms with van der Waals surface area (Å²) in [5, 5.41) is 7.61. The second-order valence-electron chi connectivity index (χ2n) is 8.52. The number of aromatic amines is 1. The summed E-state index contributed by atoms with van der Waals surface area (Å²) in [6, 6.07) is 22.3. The largest absolute Gasteiger partial charge is 0.454 e. The van der Waals surface area contributed by atoms with Gasteiger partial charge in [-0.05, 0) is 48.6 Å². The molecule has 1 unspecified atom stereocenters. The van der Waals surface area contributed by atoms with Gasteiger partial charge in [0.1, 0.15) is 5.69 Å². The molecule has 4 aromatic rings. The molecule has 1 amide bonds. The van der Waals surface area contributed by atoms with Crippen LogP contribution in [0.4, 0.5) is 0 Å². The van der Waals surface area contributed by atoms with Gasteiger partial charge < -0.3 is 14.4 Å². The molecule has 2 aliphatic rings. The average Bonchev–Trinajstić information content (AvgIpc) is 3.57. The molecule has 6 nitrogen and oxygen atoms in total. The highest BCUT2D eigenvalue weighted by atomic mass is 32.2. The molecule has 0 fully saturated rings. The molecule has 0 radical (unpaired) electrons. The van der Waals surface area contributed by atoms with Gasteiger partial charge in [0.2, 0.25) is 6.79 Å². The first kappa shape index (κ1) is 20.9. The normalized spacial score (nSPS) is 16.2. The van der Waals surface area contributed by atoms with Crippen molar-refractivity contribution in [3.63, 3.8) is 0 Å². The van der Waals surface area contributed by atoms with E-state index in [2.05, 4.69) is 71.9 Å². The summed E-state index contributed by atoms with van der Waals surface area (Å²) in [6.07, 6.45) is 2.06. The maximum Gasteiger partial charge on any atom is 0.273 e. The van der Waals surface area contributed by atoms with Crippen molar-refractivity contribution in [3.05, 3.63) is 94.7 Å². The van der Waals surface area contributed by atoms with Crippen LogP contribution in [0.15, 0.2) is 71.6 Å². The molecule has 7 heteroatoms. The summed E-state index contributed by atoms with van der Waals surface area (Å²) >= 11 is 1.70. The quantitative estimate of drug-likeness (QED) is 0.387. The molecule has 0 spiro atoms. The molecule has 0 saturated heterocycles. The Kier molecular flexibility index (Phi) is 5.07. The summed E-state index contributed by atoms with van der Waals surface area (Å²) in [7, 11) is 0. The van der Waals surface area contributed by atoms with Gasteiger partial charge in [0.25, 0.3) is 5.91 Å². The SMILES string of the molecule is CSc1ccc(C2c3c(-c4ccc(C)cc4)n[nH]c3C(=O)N2Cc2ccc3c(c2)OCO3)cc1. The highest BCUT2D eigenvalue weighted by Gasteiger charge is 2.42. The Morgan fingerprint density at radius 1 is 1.03 bits per heavy atom. The number of aryl methyl sites for hydroxylation is 1. The number of H-pyrrole nitrogens is 1. The van der Waals surface area contributed by atoms with E-state index >= 15 is 0 Å². The Balaban J connectivity index is 1.45. The first-order valence-corrected chi connectivity index (χ1v) is 12.3. The molecule has 0 saturated carbocycles. The summed E-state index contributed by atoms with van der Waals surface area (Å²) in [5.41, 5.74) is 6.50. The first-order valence-electron chi connectivity index (χ1n) is 11.1. The van der Waals surface area contributed by atoms with Gasteiger partial charge in [-0.25, -0.2) is 0 Å². The van der Waals surface area contributed by atoms with Crippen molar-refractivity contribution < 1.29 is 14.3 Å². The van der Waals surface area contributed by atoms with Crippen LogP contribution in [0.5, 0.6) is 11.5 Å². The third-order valence-corrected chi connectivity index (χ3v) is 7.15. The van der Waals surface area contributed by atoms with Crippen molar-refractivity contribution >= 4 is 17.7 Å². The number of hydrogen-bond acceptors (Lipinski definition) is 5. The van der Waals surface area contributed by atoms with Gasteiger partial charge in [0, 0.05) is 22.6 Å². The van der Waals surface area contributed by atoms with Gasteiger partial charge in [0.05, 0.1) is 11.7 Å². The van der Waals surface area contributed by atoms with Crippen molar-refractivity contribution in [2.75, 3.05) is 13.0 Å². The molecule has 2 aliphatic heterocycles. The molecule has 1 atom stereocenters. The molecule has 1 aromatic heterocycles. The molecule has 34 heavy (non-hydrogen) atoms. The molecule has 1 N–H and O–H groups in total. The van der Waals surface area contributed by atoms with Crippen LogP contribution in [0.2, 0.25) is 0 Å². The minimum Gasteiger partial charge on any atom is -0.454 e. The van der Waals surface area contributed by atoms with Gasteiger partial charge in [-0.1, -0.05) is 48.0 Å². The van der Waals surface area contributed by atoms with Crippen LogP contribution in [0.25, 0.3) is 11.3 Å². The summed E-state index contributed by atoms with van der Waals surface area (Å²) < 4.78 is 11.0. The lowest BCUT2D eigenvalue weighted by Gasteiger charge is -2.27. The molecular weight excluding hydrogens is 446 g/mol. The number of nitrogens with one attached hydrogen (secondary N) is 1. The number of benzene rings is 3. The van der Waals surface area contributed by atoms with Crippen LogP contribution in [-0.4, -0.2) is 34.1 Å². The fourth-order valence-corrected chi connectivity index (χ4v) is 5.07. The fraction of sp³-hybridized carbons (Fsp3) is 0.185. The van der Waals surface area contributed by atoms with Crippen LogP contribution in [0.3, 0.4) is 0 Å². The van der Waals surface area contributed by atoms with Gasteiger partial charge in [0.15, 0.2) is 11.5 Å². The predicted octanol–water partition coefficient (Wildman–Crippen LogP) is 5.58. The van der Waals surface area contributed by atoms with Crippen molar-refractivity contribution in [2.45, 2.75) is 24.4 Å². The van der Waals surface area contributed by atoms with E-state index in [1.807, 2.05) is 23.1 Å². The third-order valence-electron chi connectivity index (χ3n) is 6.41. The number of fused-ring (bicyclic) bond motifs is 2. The maximum absolute atomic E-state index is 13.6. The van der Waals surface area contributed by atoms with Crippen LogP contribution in [-0.2, 0) is 6.54 Å². The number of aromatic nitrogens is 2. The number of amides is 1. The second-order valence-corrected chi connectivity index (χ2v) is 9.40. The number of ether oxygens (including phenoxy) is 2. The minimum absolute atomic E-state index is 0.0579. The number of rotatable bonds is 5. The molecule has 3 heterocycles. The van der Waals surface area contributed by atoms with Crippen LogP contribution in [0, 0.1) is 6.92 Å². The molecular formula is C27H23N3O3S. The Labute approximate surface area is 201 Å². The fourth-order valence-electron chi connectivity index (χ4n) is 4.66. The van der Waals surface area contributed by atoms with Crippen molar-refractivity contribution in [1.29, 1.82) is 0 Å². The van der Waals surface area contributed by atoms with Crippen LogP contribution >= 0.6 is 11.8 Å². The lowest BCUT2D eigenvalue weighted by atomic mass is 9.95. The summed E-state index contributed by atoms with van der Waals surface area (Å²) in [6.45, 7) is 2.73. The topological polar surface area (TPSA) is 67.5 Å². The van der Waals surface area contributed by atoms with E-state index in [0.717, 1.165) is 33.7 Å². The zero-order chi connectivity index (χ0) is 23.2. The molecule has 6 rings (SSSR count). The Morgan fingerprint density at radius 2 is 1.79 bits per heavy atom. The second kappa shape index (κ2) is 8.25. The first-order chi connectivity index (χ1) is 16.6.